The number of nitrogens with two attached hydrogens (primary N) is 1. The molecular weight excluding hydrogens is 220 g/mol. The summed E-state index contributed by atoms with van der Waals surface area (Å²) in [5, 5.41) is 3.48. The molecule has 0 atom stereocenters. The van der Waals surface area contributed by atoms with Crippen LogP contribution in [0.25, 0.3) is 0 Å². The van der Waals surface area contributed by atoms with Crippen molar-refractivity contribution in [2.24, 2.45) is 5.73 Å². The second-order valence-electron chi connectivity index (χ2n) is 5.29. The molecule has 0 fully saturated rings. The van der Waals surface area contributed by atoms with Crippen molar-refractivity contribution >= 4 is 5.69 Å². The van der Waals surface area contributed by atoms with Crippen LogP contribution in [0.4, 0.5) is 5.69 Å². The maximum Gasteiger partial charge on any atom is 0.0340 e. The van der Waals surface area contributed by atoms with Crippen LogP contribution in [-0.4, -0.2) is 12.1 Å². The van der Waals surface area contributed by atoms with Gasteiger partial charge in [0.15, 0.2) is 0 Å². The number of hydrogen-bond acceptors (Lipinski definition) is 2. The van der Waals surface area contributed by atoms with Crippen LogP contribution >= 0.6 is 0 Å². The molecule has 0 heterocycles. The molecule has 102 valence electrons. The largest absolute Gasteiger partial charge is 0.383 e. The van der Waals surface area contributed by atoms with Crippen LogP contribution in [0.3, 0.4) is 0 Å². The lowest BCUT2D eigenvalue weighted by atomic mass is 9.88. The molecule has 1 aromatic rings. The van der Waals surface area contributed by atoms with E-state index in [0.29, 0.717) is 0 Å². The summed E-state index contributed by atoms with van der Waals surface area (Å²) in [5.74, 6) is 0. The molecule has 2 nitrogen and oxygen atoms in total. The standard InChI is InChI=1S/C16H28N2/c1-3-5-12-16(17,13-6-4-2)14-18-15-10-8-7-9-11-15/h7-11,18H,3-6,12-14,17H2,1-2H3. The molecule has 0 radical (unpaired) electrons. The fourth-order valence-electron chi connectivity index (χ4n) is 2.19. The van der Waals surface area contributed by atoms with Gasteiger partial charge >= 0.3 is 0 Å². The summed E-state index contributed by atoms with van der Waals surface area (Å²) in [6.07, 6.45) is 7.10. The van der Waals surface area contributed by atoms with Crippen molar-refractivity contribution in [1.29, 1.82) is 0 Å². The number of anilines is 1. The van der Waals surface area contributed by atoms with Gasteiger partial charge < -0.3 is 11.1 Å². The molecule has 18 heavy (non-hydrogen) atoms. The summed E-state index contributed by atoms with van der Waals surface area (Å²) in [7, 11) is 0. The average molecular weight is 248 g/mol. The van der Waals surface area contributed by atoms with E-state index in [1.54, 1.807) is 0 Å². The van der Waals surface area contributed by atoms with E-state index in [-0.39, 0.29) is 5.54 Å². The summed E-state index contributed by atoms with van der Waals surface area (Å²) in [6, 6.07) is 10.3. The predicted molar refractivity (Wildman–Crippen MR) is 80.9 cm³/mol. The first kappa shape index (κ1) is 15.0. The monoisotopic (exact) mass is 248 g/mol. The van der Waals surface area contributed by atoms with E-state index in [2.05, 4.69) is 43.4 Å². The van der Waals surface area contributed by atoms with Gasteiger partial charge in [-0.3, -0.25) is 0 Å². The molecule has 0 aromatic heterocycles. The van der Waals surface area contributed by atoms with E-state index in [1.165, 1.54) is 31.4 Å². The normalized spacial score (nSPS) is 11.5. The number of para-hydroxylation sites is 1. The molecule has 0 bridgehead atoms. The molecular formula is C16H28N2. The molecule has 0 aliphatic rings. The zero-order chi connectivity index (χ0) is 13.3. The smallest absolute Gasteiger partial charge is 0.0340 e. The Hall–Kier alpha value is -1.02. The Balaban J connectivity index is 2.49. The van der Waals surface area contributed by atoms with Gasteiger partial charge in [-0.05, 0) is 25.0 Å². The Labute approximate surface area is 112 Å². The topological polar surface area (TPSA) is 38.0 Å². The molecule has 0 amide bonds. The van der Waals surface area contributed by atoms with Crippen LogP contribution in [-0.2, 0) is 0 Å². The Morgan fingerprint density at radius 2 is 1.56 bits per heavy atom. The van der Waals surface area contributed by atoms with Crippen molar-refractivity contribution in [2.45, 2.75) is 57.9 Å². The van der Waals surface area contributed by atoms with Gasteiger partial charge in [-0.25, -0.2) is 0 Å². The van der Waals surface area contributed by atoms with Crippen LogP contribution in [0, 0.1) is 0 Å². The molecule has 0 saturated carbocycles. The fourth-order valence-corrected chi connectivity index (χ4v) is 2.19. The van der Waals surface area contributed by atoms with E-state index in [9.17, 15) is 0 Å². The number of unbranched alkanes of at least 4 members (excludes halogenated alkanes) is 2. The third kappa shape index (κ3) is 5.54. The number of nitrogens with one attached hydrogen (secondary N) is 1. The highest BCUT2D eigenvalue weighted by Crippen LogP contribution is 2.20. The van der Waals surface area contributed by atoms with E-state index < -0.39 is 0 Å². The van der Waals surface area contributed by atoms with Crippen LogP contribution < -0.4 is 11.1 Å². The summed E-state index contributed by atoms with van der Waals surface area (Å²) in [4.78, 5) is 0. The lowest BCUT2D eigenvalue weighted by Crippen LogP contribution is -2.46. The number of hydrogen-bond donors (Lipinski definition) is 2. The van der Waals surface area contributed by atoms with Gasteiger partial charge in [0.25, 0.3) is 0 Å². The Bertz CT molecular complexity index is 300. The summed E-state index contributed by atoms with van der Waals surface area (Å²) < 4.78 is 0. The number of benzene rings is 1. The van der Waals surface area contributed by atoms with Gasteiger partial charge in [0.2, 0.25) is 0 Å². The van der Waals surface area contributed by atoms with Crippen LogP contribution in [0.2, 0.25) is 0 Å². The maximum atomic E-state index is 6.56. The Morgan fingerprint density at radius 1 is 1.00 bits per heavy atom. The third-order valence-electron chi connectivity index (χ3n) is 3.47. The molecule has 2 heteroatoms. The lowest BCUT2D eigenvalue weighted by Gasteiger charge is -2.30. The van der Waals surface area contributed by atoms with Crippen molar-refractivity contribution in [3.63, 3.8) is 0 Å². The van der Waals surface area contributed by atoms with E-state index >= 15 is 0 Å². The molecule has 1 aromatic carbocycles. The molecule has 0 aliphatic carbocycles. The Morgan fingerprint density at radius 3 is 2.06 bits per heavy atom. The van der Waals surface area contributed by atoms with Gasteiger partial charge in [-0.15, -0.1) is 0 Å². The minimum absolute atomic E-state index is 0.0537. The lowest BCUT2D eigenvalue weighted by molar-refractivity contribution is 0.361. The fraction of sp³-hybridized carbons (Fsp3) is 0.625. The summed E-state index contributed by atoms with van der Waals surface area (Å²) in [5.41, 5.74) is 7.67. The quantitative estimate of drug-likeness (QED) is 0.688. The molecule has 1 rings (SSSR count). The SMILES string of the molecule is CCCCC(N)(CCCC)CNc1ccccc1. The van der Waals surface area contributed by atoms with Crippen LogP contribution in [0.15, 0.2) is 30.3 Å². The molecule has 0 unspecified atom stereocenters. The maximum absolute atomic E-state index is 6.56. The average Bonchev–Trinajstić information content (AvgIpc) is 2.42. The zero-order valence-corrected chi connectivity index (χ0v) is 11.9. The zero-order valence-electron chi connectivity index (χ0n) is 11.9. The van der Waals surface area contributed by atoms with Gasteiger partial charge in [0.05, 0.1) is 0 Å². The first-order valence-electron chi connectivity index (χ1n) is 7.28. The van der Waals surface area contributed by atoms with Crippen molar-refractivity contribution in [3.05, 3.63) is 30.3 Å². The minimum atomic E-state index is -0.0537. The predicted octanol–water partition coefficient (Wildman–Crippen LogP) is 4.18. The third-order valence-corrected chi connectivity index (χ3v) is 3.47. The van der Waals surface area contributed by atoms with Crippen LogP contribution in [0.1, 0.15) is 52.4 Å². The highest BCUT2D eigenvalue weighted by atomic mass is 14.9. The summed E-state index contributed by atoms with van der Waals surface area (Å²) >= 11 is 0. The van der Waals surface area contributed by atoms with Gasteiger partial charge in [-0.1, -0.05) is 57.7 Å². The molecule has 0 aliphatic heterocycles. The minimum Gasteiger partial charge on any atom is -0.383 e. The van der Waals surface area contributed by atoms with Gasteiger partial charge in [0, 0.05) is 17.8 Å². The Kier molecular flexibility index (Phi) is 6.81. The van der Waals surface area contributed by atoms with Gasteiger partial charge in [0.1, 0.15) is 0 Å². The van der Waals surface area contributed by atoms with Crippen molar-refractivity contribution in [2.75, 3.05) is 11.9 Å². The number of rotatable bonds is 9. The molecule has 0 saturated heterocycles. The van der Waals surface area contributed by atoms with Crippen molar-refractivity contribution in [1.82, 2.24) is 0 Å². The summed E-state index contributed by atoms with van der Waals surface area (Å²) in [6.45, 7) is 5.33. The highest BCUT2D eigenvalue weighted by Gasteiger charge is 2.23. The second-order valence-corrected chi connectivity index (χ2v) is 5.29. The second kappa shape index (κ2) is 8.15. The van der Waals surface area contributed by atoms with Crippen LogP contribution in [0.5, 0.6) is 0 Å². The first-order valence-corrected chi connectivity index (χ1v) is 7.28. The van der Waals surface area contributed by atoms with Crippen molar-refractivity contribution in [3.8, 4) is 0 Å². The van der Waals surface area contributed by atoms with E-state index in [4.69, 9.17) is 5.73 Å². The molecule has 0 spiro atoms. The highest BCUT2D eigenvalue weighted by molar-refractivity contribution is 5.42. The van der Waals surface area contributed by atoms with E-state index in [0.717, 1.165) is 19.4 Å². The molecule has 3 N–H and O–H groups in total. The first-order chi connectivity index (χ1) is 8.70. The van der Waals surface area contributed by atoms with E-state index in [1.807, 2.05) is 6.07 Å². The van der Waals surface area contributed by atoms with Crippen molar-refractivity contribution < 1.29 is 0 Å². The van der Waals surface area contributed by atoms with Gasteiger partial charge in [-0.2, -0.15) is 0 Å².